The van der Waals surface area contributed by atoms with E-state index in [4.69, 9.17) is 0 Å². The SMILES string of the molecule is Fc1ccc(Cc2cn[nH]c2)cc1-c1ccc(-c2ccccc2)cc1. The van der Waals surface area contributed by atoms with E-state index in [0.717, 1.165) is 34.2 Å². The van der Waals surface area contributed by atoms with E-state index in [-0.39, 0.29) is 5.82 Å². The van der Waals surface area contributed by atoms with Gasteiger partial charge in [0.05, 0.1) is 6.20 Å². The molecule has 0 atom stereocenters. The molecule has 25 heavy (non-hydrogen) atoms. The highest BCUT2D eigenvalue weighted by molar-refractivity contribution is 5.71. The number of benzene rings is 3. The van der Waals surface area contributed by atoms with Gasteiger partial charge in [0.2, 0.25) is 0 Å². The molecule has 1 heterocycles. The van der Waals surface area contributed by atoms with Crippen LogP contribution in [0.2, 0.25) is 0 Å². The number of hydrogen-bond donors (Lipinski definition) is 1. The van der Waals surface area contributed by atoms with Gasteiger partial charge >= 0.3 is 0 Å². The molecule has 0 aliphatic heterocycles. The maximum absolute atomic E-state index is 14.3. The lowest BCUT2D eigenvalue weighted by molar-refractivity contribution is 0.630. The quantitative estimate of drug-likeness (QED) is 0.528. The number of rotatable bonds is 4. The minimum atomic E-state index is -0.205. The molecule has 4 rings (SSSR count). The summed E-state index contributed by atoms with van der Waals surface area (Å²) in [7, 11) is 0. The van der Waals surface area contributed by atoms with Gasteiger partial charge in [-0.15, -0.1) is 0 Å². The van der Waals surface area contributed by atoms with Crippen molar-refractivity contribution >= 4 is 0 Å². The van der Waals surface area contributed by atoms with Crippen molar-refractivity contribution in [3.63, 3.8) is 0 Å². The molecule has 0 aliphatic carbocycles. The van der Waals surface area contributed by atoms with Crippen molar-refractivity contribution in [3.8, 4) is 22.3 Å². The lowest BCUT2D eigenvalue weighted by atomic mass is 9.97. The average Bonchev–Trinajstić information content (AvgIpc) is 3.17. The molecular formula is C22H17FN2. The number of halogens is 1. The Morgan fingerprint density at radius 1 is 0.760 bits per heavy atom. The van der Waals surface area contributed by atoms with Gasteiger partial charge in [0.15, 0.2) is 0 Å². The van der Waals surface area contributed by atoms with Gasteiger partial charge in [0.1, 0.15) is 5.82 Å². The number of hydrogen-bond acceptors (Lipinski definition) is 1. The second-order valence-corrected chi connectivity index (χ2v) is 6.04. The maximum atomic E-state index is 14.3. The van der Waals surface area contributed by atoms with E-state index in [1.165, 1.54) is 6.07 Å². The molecule has 0 fully saturated rings. The van der Waals surface area contributed by atoms with Crippen LogP contribution in [0.25, 0.3) is 22.3 Å². The predicted octanol–water partition coefficient (Wildman–Crippen LogP) is 5.47. The van der Waals surface area contributed by atoms with E-state index in [1.54, 1.807) is 6.20 Å². The fourth-order valence-electron chi connectivity index (χ4n) is 2.99. The average molecular weight is 328 g/mol. The third-order valence-corrected chi connectivity index (χ3v) is 4.30. The van der Waals surface area contributed by atoms with E-state index in [2.05, 4.69) is 22.3 Å². The Hall–Kier alpha value is -3.20. The third-order valence-electron chi connectivity index (χ3n) is 4.30. The topological polar surface area (TPSA) is 28.7 Å². The summed E-state index contributed by atoms with van der Waals surface area (Å²) >= 11 is 0. The lowest BCUT2D eigenvalue weighted by Crippen LogP contribution is -1.91. The summed E-state index contributed by atoms with van der Waals surface area (Å²) in [6, 6.07) is 23.5. The molecule has 4 aromatic rings. The van der Waals surface area contributed by atoms with E-state index in [9.17, 15) is 4.39 Å². The Morgan fingerprint density at radius 2 is 1.48 bits per heavy atom. The molecule has 0 amide bonds. The lowest BCUT2D eigenvalue weighted by Gasteiger charge is -2.08. The molecule has 2 nitrogen and oxygen atoms in total. The first-order valence-corrected chi connectivity index (χ1v) is 8.21. The molecule has 0 saturated carbocycles. The number of nitrogens with zero attached hydrogens (tertiary/aromatic N) is 1. The van der Waals surface area contributed by atoms with Gasteiger partial charge in [-0.1, -0.05) is 60.7 Å². The molecule has 3 aromatic carbocycles. The van der Waals surface area contributed by atoms with Crippen LogP contribution < -0.4 is 0 Å². The minimum absolute atomic E-state index is 0.205. The highest BCUT2D eigenvalue weighted by atomic mass is 19.1. The van der Waals surface area contributed by atoms with E-state index < -0.39 is 0 Å². The first-order chi connectivity index (χ1) is 12.3. The van der Waals surface area contributed by atoms with Gasteiger partial charge in [0.25, 0.3) is 0 Å². The van der Waals surface area contributed by atoms with Crippen LogP contribution in [-0.2, 0) is 6.42 Å². The summed E-state index contributed by atoms with van der Waals surface area (Å²) in [4.78, 5) is 0. The number of H-pyrrole nitrogens is 1. The molecule has 3 heteroatoms. The zero-order valence-corrected chi connectivity index (χ0v) is 13.6. The number of nitrogens with one attached hydrogen (secondary N) is 1. The molecule has 1 aromatic heterocycles. The number of aromatic amines is 1. The van der Waals surface area contributed by atoms with Crippen LogP contribution in [0.4, 0.5) is 4.39 Å². The van der Waals surface area contributed by atoms with Crippen molar-refractivity contribution in [2.24, 2.45) is 0 Å². The van der Waals surface area contributed by atoms with E-state index >= 15 is 0 Å². The first-order valence-electron chi connectivity index (χ1n) is 8.21. The Bertz CT molecular complexity index is 959. The zero-order valence-electron chi connectivity index (χ0n) is 13.6. The fourth-order valence-corrected chi connectivity index (χ4v) is 2.99. The summed E-state index contributed by atoms with van der Waals surface area (Å²) in [5.41, 5.74) is 5.93. The zero-order chi connectivity index (χ0) is 17.1. The summed E-state index contributed by atoms with van der Waals surface area (Å²) < 4.78 is 14.3. The van der Waals surface area contributed by atoms with Crippen molar-refractivity contribution in [2.45, 2.75) is 6.42 Å². The highest BCUT2D eigenvalue weighted by Crippen LogP contribution is 2.28. The molecule has 0 saturated heterocycles. The molecule has 0 aliphatic rings. The third kappa shape index (κ3) is 3.36. The standard InChI is InChI=1S/C22H17FN2/c23-22-11-6-16(12-17-14-24-25-15-17)13-21(22)20-9-7-19(8-10-20)18-4-2-1-3-5-18/h1-11,13-15H,12H2,(H,24,25). The largest absolute Gasteiger partial charge is 0.285 e. The molecule has 0 bridgehead atoms. The van der Waals surface area contributed by atoms with Crippen molar-refractivity contribution in [2.75, 3.05) is 0 Å². The van der Waals surface area contributed by atoms with Crippen LogP contribution in [-0.4, -0.2) is 10.2 Å². The van der Waals surface area contributed by atoms with E-state index in [0.29, 0.717) is 5.56 Å². The smallest absolute Gasteiger partial charge is 0.131 e. The summed E-state index contributed by atoms with van der Waals surface area (Å²) in [6.07, 6.45) is 4.38. The second kappa shape index (κ2) is 6.73. The van der Waals surface area contributed by atoms with Gasteiger partial charge < -0.3 is 0 Å². The van der Waals surface area contributed by atoms with Crippen LogP contribution in [0, 0.1) is 5.82 Å². The summed E-state index contributed by atoms with van der Waals surface area (Å²) in [6.45, 7) is 0. The van der Waals surface area contributed by atoms with Crippen LogP contribution in [0.3, 0.4) is 0 Å². The molecule has 1 N–H and O–H groups in total. The van der Waals surface area contributed by atoms with Crippen molar-refractivity contribution < 1.29 is 4.39 Å². The van der Waals surface area contributed by atoms with Crippen molar-refractivity contribution in [1.29, 1.82) is 0 Å². The van der Waals surface area contributed by atoms with Crippen LogP contribution in [0.5, 0.6) is 0 Å². The normalized spacial score (nSPS) is 10.8. The molecule has 0 radical (unpaired) electrons. The Balaban J connectivity index is 1.64. The predicted molar refractivity (Wildman–Crippen MR) is 98.7 cm³/mol. The van der Waals surface area contributed by atoms with Gasteiger partial charge in [-0.05, 0) is 39.9 Å². The van der Waals surface area contributed by atoms with Gasteiger partial charge in [0, 0.05) is 18.2 Å². The minimum Gasteiger partial charge on any atom is -0.285 e. The van der Waals surface area contributed by atoms with Gasteiger partial charge in [-0.25, -0.2) is 4.39 Å². The molecular weight excluding hydrogens is 311 g/mol. The van der Waals surface area contributed by atoms with Crippen LogP contribution in [0.1, 0.15) is 11.1 Å². The maximum Gasteiger partial charge on any atom is 0.131 e. The summed E-state index contributed by atoms with van der Waals surface area (Å²) in [5, 5.41) is 6.76. The molecule has 122 valence electrons. The monoisotopic (exact) mass is 328 g/mol. The van der Waals surface area contributed by atoms with Crippen molar-refractivity contribution in [1.82, 2.24) is 10.2 Å². The highest BCUT2D eigenvalue weighted by Gasteiger charge is 2.08. The number of aromatic nitrogens is 2. The second-order valence-electron chi connectivity index (χ2n) is 6.04. The summed E-state index contributed by atoms with van der Waals surface area (Å²) in [5.74, 6) is -0.205. The first kappa shape index (κ1) is 15.3. The van der Waals surface area contributed by atoms with Crippen LogP contribution in [0.15, 0.2) is 85.2 Å². The van der Waals surface area contributed by atoms with Gasteiger partial charge in [-0.2, -0.15) is 5.10 Å². The molecule has 0 spiro atoms. The Kier molecular flexibility index (Phi) is 4.13. The Morgan fingerprint density at radius 3 is 2.20 bits per heavy atom. The van der Waals surface area contributed by atoms with Gasteiger partial charge in [-0.3, -0.25) is 5.10 Å². The van der Waals surface area contributed by atoms with E-state index in [1.807, 2.05) is 60.8 Å². The Labute approximate surface area is 146 Å². The van der Waals surface area contributed by atoms with Crippen LogP contribution >= 0.6 is 0 Å². The fraction of sp³-hybridized carbons (Fsp3) is 0.0455. The van der Waals surface area contributed by atoms with Crippen molar-refractivity contribution in [3.05, 3.63) is 102 Å². The molecule has 0 unspecified atom stereocenters.